The molecule has 0 fully saturated rings. The van der Waals surface area contributed by atoms with E-state index in [-0.39, 0.29) is 0 Å². The maximum absolute atomic E-state index is 3.57. The Morgan fingerprint density at radius 1 is 1.43 bits per heavy atom. The van der Waals surface area contributed by atoms with Gasteiger partial charge >= 0.3 is 0 Å². The summed E-state index contributed by atoms with van der Waals surface area (Å²) in [4.78, 5) is 0. The molecule has 0 saturated carbocycles. The second-order valence-corrected chi connectivity index (χ2v) is 4.49. The molecule has 78 valence electrons. The van der Waals surface area contributed by atoms with E-state index in [4.69, 9.17) is 0 Å². The fourth-order valence-electron chi connectivity index (χ4n) is 1.59. The van der Waals surface area contributed by atoms with Gasteiger partial charge in [-0.2, -0.15) is 0 Å². The molecule has 1 aromatic carbocycles. The molecule has 0 spiro atoms. The zero-order valence-corrected chi connectivity index (χ0v) is 10.7. The van der Waals surface area contributed by atoms with E-state index in [1.165, 1.54) is 28.4 Å². The third kappa shape index (κ3) is 2.82. The maximum atomic E-state index is 3.57. The van der Waals surface area contributed by atoms with Crippen molar-refractivity contribution >= 4 is 15.9 Å². The van der Waals surface area contributed by atoms with E-state index in [0.29, 0.717) is 6.04 Å². The highest BCUT2D eigenvalue weighted by molar-refractivity contribution is 9.10. The van der Waals surface area contributed by atoms with Gasteiger partial charge in [-0.3, -0.25) is 0 Å². The molecule has 0 saturated heterocycles. The van der Waals surface area contributed by atoms with Crippen LogP contribution in [0.5, 0.6) is 0 Å². The largest absolute Gasteiger partial charge is 0.313 e. The lowest BCUT2D eigenvalue weighted by Gasteiger charge is -2.16. The van der Waals surface area contributed by atoms with Gasteiger partial charge in [-0.25, -0.2) is 0 Å². The summed E-state index contributed by atoms with van der Waals surface area (Å²) >= 11 is 3.57. The first-order chi connectivity index (χ1) is 6.69. The number of aryl methyl sites for hydroxylation is 1. The summed E-state index contributed by atoms with van der Waals surface area (Å²) in [6.07, 6.45) is 2.39. The van der Waals surface area contributed by atoms with Gasteiger partial charge in [0.15, 0.2) is 0 Å². The quantitative estimate of drug-likeness (QED) is 0.863. The summed E-state index contributed by atoms with van der Waals surface area (Å²) in [5.41, 5.74) is 2.66. The Morgan fingerprint density at radius 3 is 2.64 bits per heavy atom. The molecule has 1 aromatic rings. The van der Waals surface area contributed by atoms with Crippen molar-refractivity contribution < 1.29 is 0 Å². The number of rotatable bonds is 4. The molecule has 1 unspecified atom stereocenters. The van der Waals surface area contributed by atoms with Crippen molar-refractivity contribution in [1.82, 2.24) is 5.32 Å². The summed E-state index contributed by atoms with van der Waals surface area (Å²) in [5, 5.41) is 3.35. The maximum Gasteiger partial charge on any atom is 0.0317 e. The molecule has 2 heteroatoms. The van der Waals surface area contributed by atoms with Gasteiger partial charge in [-0.05, 0) is 37.6 Å². The minimum atomic E-state index is 0.483. The topological polar surface area (TPSA) is 12.0 Å². The van der Waals surface area contributed by atoms with Crippen LogP contribution >= 0.6 is 15.9 Å². The third-order valence-corrected chi connectivity index (χ3v) is 3.38. The lowest BCUT2D eigenvalue weighted by molar-refractivity contribution is 0.541. The zero-order valence-electron chi connectivity index (χ0n) is 9.10. The lowest BCUT2D eigenvalue weighted by atomic mass is 10.0. The van der Waals surface area contributed by atoms with E-state index in [0.717, 1.165) is 0 Å². The molecule has 0 aliphatic heterocycles. The number of hydrogen-bond acceptors (Lipinski definition) is 1. The van der Waals surface area contributed by atoms with E-state index < -0.39 is 0 Å². The lowest BCUT2D eigenvalue weighted by Crippen LogP contribution is -2.15. The molecule has 0 aliphatic rings. The first-order valence-electron chi connectivity index (χ1n) is 5.12. The number of hydrogen-bond donors (Lipinski definition) is 1. The van der Waals surface area contributed by atoms with Gasteiger partial charge in [0, 0.05) is 10.5 Å². The van der Waals surface area contributed by atoms with Crippen LogP contribution in [0.2, 0.25) is 0 Å². The first kappa shape index (κ1) is 11.7. The number of halogens is 1. The van der Waals surface area contributed by atoms with Crippen molar-refractivity contribution in [2.24, 2.45) is 0 Å². The molecule has 0 amide bonds. The van der Waals surface area contributed by atoms with Crippen LogP contribution < -0.4 is 5.32 Å². The highest BCUT2D eigenvalue weighted by Crippen LogP contribution is 2.24. The molecule has 1 rings (SSSR count). The Morgan fingerprint density at radius 2 is 2.14 bits per heavy atom. The van der Waals surface area contributed by atoms with Gasteiger partial charge in [-0.15, -0.1) is 0 Å². The SMILES string of the molecule is CCCC(NC)c1ccc(C)c(Br)c1. The van der Waals surface area contributed by atoms with Crippen LogP contribution in [0.25, 0.3) is 0 Å². The molecule has 0 bridgehead atoms. The van der Waals surface area contributed by atoms with E-state index in [2.05, 4.69) is 53.3 Å². The Bertz CT molecular complexity index is 296. The summed E-state index contributed by atoms with van der Waals surface area (Å²) in [6.45, 7) is 4.33. The summed E-state index contributed by atoms with van der Waals surface area (Å²) in [7, 11) is 2.02. The fraction of sp³-hybridized carbons (Fsp3) is 0.500. The third-order valence-electron chi connectivity index (χ3n) is 2.52. The van der Waals surface area contributed by atoms with E-state index in [1.807, 2.05) is 7.05 Å². The molecule has 0 aromatic heterocycles. The Kier molecular flexibility index (Phi) is 4.63. The standard InChI is InChI=1S/C12H18BrN/c1-4-5-12(14-3)10-7-6-9(2)11(13)8-10/h6-8,12,14H,4-5H2,1-3H3. The van der Waals surface area contributed by atoms with Crippen LogP contribution in [-0.2, 0) is 0 Å². The molecular formula is C12H18BrN. The molecule has 0 heterocycles. The predicted molar refractivity (Wildman–Crippen MR) is 65.6 cm³/mol. The second-order valence-electron chi connectivity index (χ2n) is 3.64. The van der Waals surface area contributed by atoms with Gasteiger partial charge in [0.2, 0.25) is 0 Å². The summed E-state index contributed by atoms with van der Waals surface area (Å²) < 4.78 is 1.20. The highest BCUT2D eigenvalue weighted by Gasteiger charge is 2.08. The van der Waals surface area contributed by atoms with Gasteiger partial charge in [0.25, 0.3) is 0 Å². The molecule has 0 aliphatic carbocycles. The van der Waals surface area contributed by atoms with Gasteiger partial charge < -0.3 is 5.32 Å². The van der Waals surface area contributed by atoms with Crippen molar-refractivity contribution in [1.29, 1.82) is 0 Å². The van der Waals surface area contributed by atoms with Crippen LogP contribution in [0.4, 0.5) is 0 Å². The monoisotopic (exact) mass is 255 g/mol. The van der Waals surface area contributed by atoms with E-state index in [1.54, 1.807) is 0 Å². The predicted octanol–water partition coefficient (Wildman–Crippen LogP) is 3.82. The van der Waals surface area contributed by atoms with E-state index in [9.17, 15) is 0 Å². The summed E-state index contributed by atoms with van der Waals surface area (Å²) in [6, 6.07) is 7.07. The zero-order chi connectivity index (χ0) is 10.6. The van der Waals surface area contributed by atoms with Crippen molar-refractivity contribution in [3.8, 4) is 0 Å². The molecule has 1 N–H and O–H groups in total. The van der Waals surface area contributed by atoms with Crippen LogP contribution in [0.3, 0.4) is 0 Å². The Balaban J connectivity index is 2.88. The molecule has 14 heavy (non-hydrogen) atoms. The fourth-order valence-corrected chi connectivity index (χ4v) is 1.99. The van der Waals surface area contributed by atoms with E-state index >= 15 is 0 Å². The van der Waals surface area contributed by atoms with Crippen molar-refractivity contribution in [2.75, 3.05) is 7.05 Å². The molecule has 1 nitrogen and oxygen atoms in total. The average Bonchev–Trinajstić information content (AvgIpc) is 2.19. The minimum Gasteiger partial charge on any atom is -0.313 e. The number of nitrogens with one attached hydrogen (secondary N) is 1. The van der Waals surface area contributed by atoms with Crippen LogP contribution in [-0.4, -0.2) is 7.05 Å². The van der Waals surface area contributed by atoms with Gasteiger partial charge in [0.05, 0.1) is 0 Å². The molecular weight excluding hydrogens is 238 g/mol. The molecule has 0 radical (unpaired) electrons. The normalized spacial score (nSPS) is 12.9. The van der Waals surface area contributed by atoms with Crippen LogP contribution in [0.15, 0.2) is 22.7 Å². The second kappa shape index (κ2) is 5.52. The summed E-state index contributed by atoms with van der Waals surface area (Å²) in [5.74, 6) is 0. The first-order valence-corrected chi connectivity index (χ1v) is 5.91. The van der Waals surface area contributed by atoms with Crippen molar-refractivity contribution in [3.63, 3.8) is 0 Å². The van der Waals surface area contributed by atoms with Crippen LogP contribution in [0.1, 0.15) is 36.9 Å². The van der Waals surface area contributed by atoms with Gasteiger partial charge in [0.1, 0.15) is 0 Å². The smallest absolute Gasteiger partial charge is 0.0317 e. The highest BCUT2D eigenvalue weighted by atomic mass is 79.9. The Labute approximate surface area is 95.0 Å². The minimum absolute atomic E-state index is 0.483. The van der Waals surface area contributed by atoms with Crippen LogP contribution in [0, 0.1) is 6.92 Å². The van der Waals surface area contributed by atoms with Crippen molar-refractivity contribution in [2.45, 2.75) is 32.7 Å². The Hall–Kier alpha value is -0.340. The van der Waals surface area contributed by atoms with Gasteiger partial charge in [-0.1, -0.05) is 41.4 Å². The number of benzene rings is 1. The van der Waals surface area contributed by atoms with Crippen molar-refractivity contribution in [3.05, 3.63) is 33.8 Å². The average molecular weight is 256 g/mol. The molecule has 1 atom stereocenters.